The van der Waals surface area contributed by atoms with Crippen LogP contribution in [0.5, 0.6) is 0 Å². The molecular formula is C110H100BN3. The van der Waals surface area contributed by atoms with E-state index in [4.69, 9.17) is 0 Å². The first-order chi connectivity index (χ1) is 55.4. The summed E-state index contributed by atoms with van der Waals surface area (Å²) in [5, 5.41) is 2.45. The van der Waals surface area contributed by atoms with Crippen molar-refractivity contribution in [1.29, 1.82) is 0 Å². The quantitative estimate of drug-likeness (QED) is 0.0842. The van der Waals surface area contributed by atoms with Crippen molar-refractivity contribution in [3.63, 3.8) is 0 Å². The Bertz CT molecular complexity index is 6030. The van der Waals surface area contributed by atoms with Gasteiger partial charge in [0, 0.05) is 55.8 Å². The average molecular weight is 1470 g/mol. The number of rotatable bonds is 17. The van der Waals surface area contributed by atoms with Crippen LogP contribution in [0.2, 0.25) is 0 Å². The molecule has 558 valence electrons. The number of fused-ring (bicyclic) bond motifs is 7. The van der Waals surface area contributed by atoms with E-state index < -0.39 is 0 Å². The van der Waals surface area contributed by atoms with E-state index in [-0.39, 0.29) is 6.71 Å². The molecule has 3 nitrogen and oxygen atoms in total. The molecule has 2 aliphatic rings. The summed E-state index contributed by atoms with van der Waals surface area (Å²) in [5.74, 6) is 1.95. The van der Waals surface area contributed by atoms with Gasteiger partial charge >= 0.3 is 0 Å². The molecule has 18 rings (SSSR count). The molecule has 4 heteroatoms. The molecule has 1 aromatic heterocycles. The number of anilines is 6. The number of benzene rings is 15. The molecule has 0 saturated heterocycles. The van der Waals surface area contributed by atoms with Gasteiger partial charge in [0.1, 0.15) is 0 Å². The van der Waals surface area contributed by atoms with Crippen LogP contribution in [-0.4, -0.2) is 11.3 Å². The second-order valence-electron chi connectivity index (χ2n) is 33.9. The second-order valence-corrected chi connectivity index (χ2v) is 33.9. The largest absolute Gasteiger partial charge is 0.310 e. The SMILES string of the molecule is Cc1cccc(C)c1-c1ccc2c(c1)B1c3cc(-c4ccccc4)ccc3N(c3c(-c4ccccc4)cccc3-c3ccccc3)c3cc(-n4c5ccc(-c6c(C(C)C)cc(C(C)C)cc6C(C)C)cc5c5cc(-c6c(C(C)C)cc(C(C)C)cc6C(C)C)ccc54)cc(c31)N2c1c(-c2ccccc2)cccc1-c1ccccc1. The van der Waals surface area contributed by atoms with Gasteiger partial charge in [0.05, 0.1) is 28.1 Å². The van der Waals surface area contributed by atoms with Crippen LogP contribution in [0.1, 0.15) is 163 Å². The normalized spacial score (nSPS) is 12.5. The van der Waals surface area contributed by atoms with Crippen LogP contribution in [0, 0.1) is 13.8 Å². The molecule has 0 saturated carbocycles. The first kappa shape index (κ1) is 73.3. The highest BCUT2D eigenvalue weighted by atomic mass is 15.2. The van der Waals surface area contributed by atoms with Crippen molar-refractivity contribution in [2.75, 3.05) is 9.80 Å². The zero-order chi connectivity index (χ0) is 78.5. The Morgan fingerprint density at radius 2 is 0.561 bits per heavy atom. The maximum Gasteiger partial charge on any atom is 0.252 e. The maximum atomic E-state index is 2.71. The zero-order valence-electron chi connectivity index (χ0n) is 68.4. The molecule has 16 aromatic rings. The van der Waals surface area contributed by atoms with Crippen LogP contribution in [0.4, 0.5) is 34.1 Å². The molecule has 0 bridgehead atoms. The third kappa shape index (κ3) is 12.6. The summed E-state index contributed by atoms with van der Waals surface area (Å²) in [4.78, 5) is 5.42. The monoisotopic (exact) mass is 1470 g/mol. The van der Waals surface area contributed by atoms with E-state index in [1.54, 1.807) is 0 Å². The van der Waals surface area contributed by atoms with E-state index in [0.29, 0.717) is 35.5 Å². The highest BCUT2D eigenvalue weighted by Gasteiger charge is 2.46. The van der Waals surface area contributed by atoms with Crippen LogP contribution < -0.4 is 26.2 Å². The van der Waals surface area contributed by atoms with Crippen LogP contribution in [0.15, 0.2) is 315 Å². The number of para-hydroxylation sites is 2. The van der Waals surface area contributed by atoms with Crippen LogP contribution in [0.25, 0.3) is 117 Å². The van der Waals surface area contributed by atoms with Crippen molar-refractivity contribution in [3.8, 4) is 94.7 Å². The van der Waals surface area contributed by atoms with Gasteiger partial charge < -0.3 is 14.4 Å². The first-order valence-electron chi connectivity index (χ1n) is 41.5. The molecule has 0 unspecified atom stereocenters. The lowest BCUT2D eigenvalue weighted by atomic mass is 9.33. The molecule has 0 fully saturated rings. The fourth-order valence-corrected chi connectivity index (χ4v) is 19.0. The predicted molar refractivity (Wildman–Crippen MR) is 492 cm³/mol. The van der Waals surface area contributed by atoms with E-state index in [2.05, 4.69) is 427 Å². The molecule has 15 aromatic carbocycles. The Morgan fingerprint density at radius 1 is 0.246 bits per heavy atom. The standard InChI is InChI=1S/C110H100BN3/c1-67(2)84-59-91(69(5)6)106(92(60-84)70(7)8)81-50-53-99-95(57-81)96-58-82(107-93(71(9)10)61-85(68(3)4)62-94(107)72(11)12)51-54-100(96)112(99)86-65-103-108-104(66-86)114(110-89(78-41-26-18-27-42-78)47-32-48-90(110)79-43-28-19-29-44-79)102-56-52-83(105-73(13)33-30-34-74(105)14)64-98(102)111(108)97-63-80(75-35-20-15-21-36-75)49-55-101(97)113(103)109-87(76-37-22-16-23-38-76)45-31-46-88(109)77-39-24-17-25-40-77/h15-72H,1-14H3. The van der Waals surface area contributed by atoms with Crippen molar-refractivity contribution in [3.05, 3.63) is 360 Å². The molecule has 0 aliphatic carbocycles. The van der Waals surface area contributed by atoms with E-state index in [0.717, 1.165) is 95.4 Å². The highest BCUT2D eigenvalue weighted by Crippen LogP contribution is 2.55. The van der Waals surface area contributed by atoms with Crippen molar-refractivity contribution >= 4 is 79.0 Å². The third-order valence-electron chi connectivity index (χ3n) is 24.7. The molecule has 3 heterocycles. The van der Waals surface area contributed by atoms with E-state index in [1.165, 1.54) is 116 Å². The Morgan fingerprint density at radius 3 is 0.912 bits per heavy atom. The van der Waals surface area contributed by atoms with Gasteiger partial charge in [0.25, 0.3) is 6.71 Å². The molecule has 0 spiro atoms. The minimum absolute atomic E-state index is 0.273. The summed E-state index contributed by atoms with van der Waals surface area (Å²) in [7, 11) is 0. The lowest BCUT2D eigenvalue weighted by molar-refractivity contribution is 0.807. The number of hydrogen-bond donors (Lipinski definition) is 0. The Hall–Kier alpha value is -12.2. The number of aryl methyl sites for hydroxylation is 2. The molecule has 0 radical (unpaired) electrons. The Labute approximate surface area is 676 Å². The third-order valence-corrected chi connectivity index (χ3v) is 24.7. The Balaban J connectivity index is 1.04. The van der Waals surface area contributed by atoms with Gasteiger partial charge in [-0.2, -0.15) is 0 Å². The molecule has 2 aliphatic heterocycles. The van der Waals surface area contributed by atoms with Crippen LogP contribution in [-0.2, 0) is 0 Å². The summed E-state index contributed by atoms with van der Waals surface area (Å²) in [6.07, 6.45) is 0. The minimum Gasteiger partial charge on any atom is -0.310 e. The lowest BCUT2D eigenvalue weighted by Crippen LogP contribution is -2.61. The zero-order valence-corrected chi connectivity index (χ0v) is 68.4. The summed E-state index contributed by atoms with van der Waals surface area (Å²) in [5.41, 5.74) is 43.9. The first-order valence-corrected chi connectivity index (χ1v) is 41.5. The number of hydrogen-bond acceptors (Lipinski definition) is 2. The molecule has 114 heavy (non-hydrogen) atoms. The topological polar surface area (TPSA) is 11.4 Å². The number of aromatic nitrogens is 1. The van der Waals surface area contributed by atoms with Gasteiger partial charge in [-0.25, -0.2) is 0 Å². The maximum absolute atomic E-state index is 2.71. The summed E-state index contributed by atoms with van der Waals surface area (Å²) >= 11 is 0. The summed E-state index contributed by atoms with van der Waals surface area (Å²) < 4.78 is 2.65. The minimum atomic E-state index is -0.273. The van der Waals surface area contributed by atoms with E-state index in [9.17, 15) is 0 Å². The summed E-state index contributed by atoms with van der Waals surface area (Å²) in [6, 6.07) is 122. The van der Waals surface area contributed by atoms with Gasteiger partial charge in [-0.3, -0.25) is 0 Å². The van der Waals surface area contributed by atoms with Gasteiger partial charge in [-0.1, -0.05) is 350 Å². The van der Waals surface area contributed by atoms with Gasteiger partial charge in [-0.05, 0) is 226 Å². The predicted octanol–water partition coefficient (Wildman–Crippen LogP) is 29.6. The van der Waals surface area contributed by atoms with Crippen molar-refractivity contribution in [2.45, 2.75) is 132 Å². The second kappa shape index (κ2) is 29.7. The van der Waals surface area contributed by atoms with Crippen molar-refractivity contribution in [2.24, 2.45) is 0 Å². The lowest BCUT2D eigenvalue weighted by Gasteiger charge is -2.46. The molecule has 0 atom stereocenters. The number of nitrogens with zero attached hydrogens (tertiary/aromatic N) is 3. The van der Waals surface area contributed by atoms with E-state index in [1.807, 2.05) is 0 Å². The van der Waals surface area contributed by atoms with Crippen LogP contribution in [0.3, 0.4) is 0 Å². The fraction of sp³-hybridized carbons (Fsp3) is 0.182. The summed E-state index contributed by atoms with van der Waals surface area (Å²) in [6.45, 7) is 32.8. The molecule has 0 N–H and O–H groups in total. The average Bonchev–Trinajstić information content (AvgIpc) is 0.842. The highest BCUT2D eigenvalue weighted by molar-refractivity contribution is 7.00. The fourth-order valence-electron chi connectivity index (χ4n) is 19.0. The van der Waals surface area contributed by atoms with Crippen molar-refractivity contribution < 1.29 is 0 Å². The van der Waals surface area contributed by atoms with Gasteiger partial charge in [0.15, 0.2) is 0 Å². The van der Waals surface area contributed by atoms with E-state index >= 15 is 0 Å². The van der Waals surface area contributed by atoms with Gasteiger partial charge in [-0.15, -0.1) is 0 Å². The molecule has 0 amide bonds. The van der Waals surface area contributed by atoms with Gasteiger partial charge in [0.2, 0.25) is 0 Å². The smallest absolute Gasteiger partial charge is 0.252 e. The van der Waals surface area contributed by atoms with Crippen LogP contribution >= 0.6 is 0 Å². The van der Waals surface area contributed by atoms with Crippen molar-refractivity contribution in [1.82, 2.24) is 4.57 Å². The molecular weight excluding hydrogens is 1370 g/mol. The Kier molecular flexibility index (Phi) is 19.1.